The second kappa shape index (κ2) is 11.2. The van der Waals surface area contributed by atoms with E-state index in [1.165, 1.54) is 0 Å². The molecule has 1 heterocycles. The summed E-state index contributed by atoms with van der Waals surface area (Å²) in [7, 11) is 3.35. The number of likely N-dealkylation sites (tertiary alicyclic amines) is 1. The highest BCUT2D eigenvalue weighted by Gasteiger charge is 2.34. The van der Waals surface area contributed by atoms with Gasteiger partial charge in [-0.1, -0.05) is 13.8 Å². The van der Waals surface area contributed by atoms with Crippen LogP contribution in [0.1, 0.15) is 58.8 Å². The maximum Gasteiger partial charge on any atom is 0.222 e. The summed E-state index contributed by atoms with van der Waals surface area (Å²) in [6.45, 7) is 5.54. The Morgan fingerprint density at radius 2 is 1.84 bits per heavy atom. The van der Waals surface area contributed by atoms with E-state index in [2.05, 4.69) is 20.1 Å². The molecule has 1 amide bonds. The minimum atomic E-state index is 0.102. The van der Waals surface area contributed by atoms with Crippen LogP contribution in [0.25, 0.3) is 0 Å². The van der Waals surface area contributed by atoms with Crippen LogP contribution in [-0.4, -0.2) is 67.1 Å². The number of hydrogen-bond donors (Lipinski definition) is 0. The van der Waals surface area contributed by atoms with Crippen LogP contribution in [0.15, 0.2) is 0 Å². The topological polar surface area (TPSA) is 55.8 Å². The number of carbonyl (C=O) groups is 2. The Morgan fingerprint density at radius 3 is 2.44 bits per heavy atom. The number of ether oxygens (including phenoxy) is 2. The van der Waals surface area contributed by atoms with Crippen LogP contribution in [0, 0.1) is 0 Å². The summed E-state index contributed by atoms with van der Waals surface area (Å²) in [5, 5.41) is 0. The molecule has 0 saturated carbocycles. The Hall–Kier alpha value is -0.590. The predicted octanol–water partition coefficient (Wildman–Crippen LogP) is 3.30. The molecule has 0 bridgehead atoms. The molecule has 0 unspecified atom stereocenters. The first-order valence-electron chi connectivity index (χ1n) is 9.21. The van der Waals surface area contributed by atoms with Gasteiger partial charge in [-0.15, -0.1) is 0 Å². The number of methoxy groups -OCH3 is 2. The molecule has 0 spiro atoms. The molecule has 0 aromatic carbocycles. The van der Waals surface area contributed by atoms with Crippen LogP contribution in [-0.2, 0) is 19.1 Å². The van der Waals surface area contributed by atoms with E-state index >= 15 is 0 Å². The summed E-state index contributed by atoms with van der Waals surface area (Å²) in [5.41, 5.74) is 0. The van der Waals surface area contributed by atoms with Crippen LogP contribution in [0.3, 0.4) is 0 Å². The van der Waals surface area contributed by atoms with E-state index < -0.39 is 0 Å². The second-order valence-corrected chi connectivity index (χ2v) is 8.97. The van der Waals surface area contributed by atoms with E-state index in [1.54, 1.807) is 26.0 Å². The summed E-state index contributed by atoms with van der Waals surface area (Å²) in [4.78, 5) is 26.3. The number of amides is 1. The fourth-order valence-corrected chi connectivity index (χ4v) is 3.42. The van der Waals surface area contributed by atoms with Gasteiger partial charge in [-0.05, 0) is 31.9 Å². The lowest BCUT2D eigenvalue weighted by Gasteiger charge is -2.23. The smallest absolute Gasteiger partial charge is 0.222 e. The summed E-state index contributed by atoms with van der Waals surface area (Å²) < 4.78 is 10.8. The molecule has 1 aliphatic rings. The third-order valence-corrected chi connectivity index (χ3v) is 6.35. The van der Waals surface area contributed by atoms with Gasteiger partial charge in [0.25, 0.3) is 0 Å². The van der Waals surface area contributed by atoms with Gasteiger partial charge in [0, 0.05) is 44.8 Å². The van der Waals surface area contributed by atoms with Crippen molar-refractivity contribution in [1.29, 1.82) is 0 Å². The van der Waals surface area contributed by atoms with Crippen LogP contribution in [0.4, 0.5) is 0 Å². The zero-order valence-electron chi connectivity index (χ0n) is 16.5. The molecule has 146 valence electrons. The number of nitrogens with zero attached hydrogens (tertiary/aromatic N) is 1. The zero-order chi connectivity index (χ0) is 18.9. The molecule has 1 saturated heterocycles. The van der Waals surface area contributed by atoms with E-state index in [4.69, 9.17) is 9.47 Å². The molecular formula is C19H35NO4S. The highest BCUT2D eigenvalue weighted by molar-refractivity contribution is 7.99. The van der Waals surface area contributed by atoms with Crippen LogP contribution >= 0.6 is 11.8 Å². The van der Waals surface area contributed by atoms with Gasteiger partial charge in [-0.3, -0.25) is 9.59 Å². The average molecular weight is 374 g/mol. The van der Waals surface area contributed by atoms with Gasteiger partial charge in [0.15, 0.2) is 0 Å². The third kappa shape index (κ3) is 8.09. The van der Waals surface area contributed by atoms with Gasteiger partial charge >= 0.3 is 0 Å². The lowest BCUT2D eigenvalue weighted by molar-refractivity contribution is -0.133. The minimum Gasteiger partial charge on any atom is -0.383 e. The van der Waals surface area contributed by atoms with Gasteiger partial charge in [-0.25, -0.2) is 0 Å². The lowest BCUT2D eigenvalue weighted by atomic mass is 10.0. The Morgan fingerprint density at radius 1 is 1.16 bits per heavy atom. The first-order valence-corrected chi connectivity index (χ1v) is 10.4. The van der Waals surface area contributed by atoms with E-state index in [0.29, 0.717) is 38.2 Å². The molecule has 6 heteroatoms. The van der Waals surface area contributed by atoms with E-state index in [1.807, 2.05) is 4.90 Å². The Labute approximate surface area is 157 Å². The number of rotatable bonds is 12. The lowest BCUT2D eigenvalue weighted by Crippen LogP contribution is -2.38. The van der Waals surface area contributed by atoms with Crippen molar-refractivity contribution in [3.05, 3.63) is 0 Å². The highest BCUT2D eigenvalue weighted by atomic mass is 32.2. The van der Waals surface area contributed by atoms with Gasteiger partial charge in [0.1, 0.15) is 5.78 Å². The second-order valence-electron chi connectivity index (χ2n) is 7.46. The summed E-state index contributed by atoms with van der Waals surface area (Å²) >= 11 is 1.80. The molecule has 0 aliphatic carbocycles. The summed E-state index contributed by atoms with van der Waals surface area (Å²) in [6.07, 6.45) is 7.21. The predicted molar refractivity (Wildman–Crippen MR) is 103 cm³/mol. The number of unbranched alkanes of at least 4 members (excludes halogenated alkanes) is 1. The SMILES string of the molecule is COC[C@H]1C[C@H](OC)CN1C(=O)CCCCC(=O)CCC(C)(C)SC. The van der Waals surface area contributed by atoms with Crippen molar-refractivity contribution < 1.29 is 19.1 Å². The Kier molecular flexibility index (Phi) is 10.1. The van der Waals surface area contributed by atoms with Gasteiger partial charge in [0.2, 0.25) is 5.91 Å². The monoisotopic (exact) mass is 373 g/mol. The van der Waals surface area contributed by atoms with Crippen LogP contribution in [0.5, 0.6) is 0 Å². The molecule has 1 rings (SSSR count). The average Bonchev–Trinajstić information content (AvgIpc) is 3.00. The zero-order valence-corrected chi connectivity index (χ0v) is 17.3. The van der Waals surface area contributed by atoms with Crippen molar-refractivity contribution in [3.63, 3.8) is 0 Å². The van der Waals surface area contributed by atoms with Gasteiger partial charge in [0.05, 0.1) is 18.8 Å². The van der Waals surface area contributed by atoms with Gasteiger partial charge < -0.3 is 14.4 Å². The van der Waals surface area contributed by atoms with Crippen molar-refractivity contribution in [2.24, 2.45) is 0 Å². The van der Waals surface area contributed by atoms with Gasteiger partial charge in [-0.2, -0.15) is 11.8 Å². The third-order valence-electron chi connectivity index (χ3n) is 5.04. The number of Topliss-reactive ketones (excluding diaryl/α,β-unsaturated/α-hetero) is 1. The molecule has 0 radical (unpaired) electrons. The molecule has 0 aromatic rings. The van der Waals surface area contributed by atoms with E-state index in [-0.39, 0.29) is 22.8 Å². The molecule has 1 fully saturated rings. The fourth-order valence-electron chi connectivity index (χ4n) is 3.11. The van der Waals surface area contributed by atoms with E-state index in [9.17, 15) is 9.59 Å². The van der Waals surface area contributed by atoms with Crippen molar-refractivity contribution in [3.8, 4) is 0 Å². The van der Waals surface area contributed by atoms with E-state index in [0.717, 1.165) is 25.7 Å². The highest BCUT2D eigenvalue weighted by Crippen LogP contribution is 2.27. The Bertz CT molecular complexity index is 428. The number of thioether (sulfide) groups is 1. The molecule has 0 N–H and O–H groups in total. The first kappa shape index (κ1) is 22.5. The minimum absolute atomic E-state index is 0.102. The van der Waals surface area contributed by atoms with Crippen molar-refractivity contribution in [2.45, 2.75) is 75.7 Å². The molecule has 5 nitrogen and oxygen atoms in total. The standard InChI is InChI=1S/C19H35NO4S/c1-19(2,25-5)11-10-16(21)8-6-7-9-18(22)20-13-17(24-4)12-15(20)14-23-3/h15,17H,6-14H2,1-5H3/t15-,17+/m1/s1. The molecule has 1 aliphatic heterocycles. The largest absolute Gasteiger partial charge is 0.383 e. The maximum absolute atomic E-state index is 12.5. The van der Waals surface area contributed by atoms with Crippen LogP contribution in [0.2, 0.25) is 0 Å². The van der Waals surface area contributed by atoms with Crippen molar-refractivity contribution in [2.75, 3.05) is 33.6 Å². The number of ketones is 1. The number of carbonyl (C=O) groups excluding carboxylic acids is 2. The quantitative estimate of drug-likeness (QED) is 0.491. The summed E-state index contributed by atoms with van der Waals surface area (Å²) in [6, 6.07) is 0.109. The molecule has 2 atom stereocenters. The van der Waals surface area contributed by atoms with Crippen molar-refractivity contribution in [1.82, 2.24) is 4.90 Å². The number of hydrogen-bond acceptors (Lipinski definition) is 5. The van der Waals surface area contributed by atoms with Crippen LogP contribution < -0.4 is 0 Å². The normalized spacial score (nSPS) is 20.9. The van der Waals surface area contributed by atoms with Crippen molar-refractivity contribution >= 4 is 23.5 Å². The Balaban J connectivity index is 2.26. The molecule has 25 heavy (non-hydrogen) atoms. The first-order chi connectivity index (χ1) is 11.8. The maximum atomic E-state index is 12.5. The summed E-state index contributed by atoms with van der Waals surface area (Å²) in [5.74, 6) is 0.463. The molecular weight excluding hydrogens is 338 g/mol. The fraction of sp³-hybridized carbons (Fsp3) is 0.895. The molecule has 0 aromatic heterocycles.